The summed E-state index contributed by atoms with van der Waals surface area (Å²) in [5.41, 5.74) is 0. The van der Waals surface area contributed by atoms with Gasteiger partial charge in [0.15, 0.2) is 5.82 Å². The van der Waals surface area contributed by atoms with Crippen molar-refractivity contribution in [2.75, 3.05) is 12.8 Å². The number of carboxylic acid groups (broad SMARTS) is 1. The summed E-state index contributed by atoms with van der Waals surface area (Å²) in [5.74, 6) is 0.310. The standard InChI is InChI=1S/C17H29N3O5S/c1-26(23,24)18-11-10-15-19-17(25-20-15)14(12-16(21)22)9-5-8-13-6-3-2-4-7-13/h13-14,18H,2-12H2,1H3,(H,21,22). The largest absolute Gasteiger partial charge is 0.481 e. The molecule has 1 aliphatic carbocycles. The van der Waals surface area contributed by atoms with E-state index in [1.165, 1.54) is 32.1 Å². The number of aliphatic carboxylic acids is 1. The first kappa shape index (κ1) is 20.8. The van der Waals surface area contributed by atoms with Crippen LogP contribution in [0, 0.1) is 5.92 Å². The van der Waals surface area contributed by atoms with Crippen molar-refractivity contribution in [1.82, 2.24) is 14.9 Å². The molecule has 1 fully saturated rings. The molecule has 2 N–H and O–H groups in total. The van der Waals surface area contributed by atoms with Crippen LogP contribution >= 0.6 is 0 Å². The zero-order chi connectivity index (χ0) is 19.0. The molecule has 1 aromatic rings. The van der Waals surface area contributed by atoms with Crippen LogP contribution in [-0.2, 0) is 21.2 Å². The van der Waals surface area contributed by atoms with E-state index < -0.39 is 16.0 Å². The van der Waals surface area contributed by atoms with Crippen molar-refractivity contribution in [3.63, 3.8) is 0 Å². The van der Waals surface area contributed by atoms with E-state index in [4.69, 9.17) is 9.63 Å². The van der Waals surface area contributed by atoms with E-state index in [0.29, 0.717) is 24.6 Å². The lowest BCUT2D eigenvalue weighted by atomic mass is 9.84. The van der Waals surface area contributed by atoms with Gasteiger partial charge in [-0.3, -0.25) is 4.79 Å². The van der Waals surface area contributed by atoms with Crippen molar-refractivity contribution in [3.05, 3.63) is 11.7 Å². The molecular formula is C17H29N3O5S. The summed E-state index contributed by atoms with van der Waals surface area (Å²) in [5, 5.41) is 13.0. The molecular weight excluding hydrogens is 358 g/mol. The second-order valence-corrected chi connectivity index (χ2v) is 9.03. The number of carbonyl (C=O) groups is 1. The van der Waals surface area contributed by atoms with E-state index in [9.17, 15) is 13.2 Å². The van der Waals surface area contributed by atoms with Crippen molar-refractivity contribution >= 4 is 16.0 Å². The van der Waals surface area contributed by atoms with Gasteiger partial charge in [-0.05, 0) is 12.3 Å². The van der Waals surface area contributed by atoms with Gasteiger partial charge in [-0.15, -0.1) is 0 Å². The maximum absolute atomic E-state index is 11.2. The Morgan fingerprint density at radius 1 is 1.35 bits per heavy atom. The fraction of sp³-hybridized carbons (Fsp3) is 0.824. The fourth-order valence-electron chi connectivity index (χ4n) is 3.54. The number of sulfonamides is 1. The molecule has 1 heterocycles. The van der Waals surface area contributed by atoms with Gasteiger partial charge in [0.25, 0.3) is 0 Å². The van der Waals surface area contributed by atoms with Gasteiger partial charge in [0.05, 0.1) is 12.7 Å². The molecule has 148 valence electrons. The van der Waals surface area contributed by atoms with Gasteiger partial charge in [0.2, 0.25) is 15.9 Å². The number of carboxylic acids is 1. The number of rotatable bonds is 11. The molecule has 1 atom stereocenters. The minimum absolute atomic E-state index is 0.0338. The molecule has 1 aliphatic rings. The third-order valence-corrected chi connectivity index (χ3v) is 5.59. The number of aromatic nitrogens is 2. The molecule has 8 nitrogen and oxygen atoms in total. The highest BCUT2D eigenvalue weighted by Crippen LogP contribution is 2.31. The quantitative estimate of drug-likeness (QED) is 0.598. The van der Waals surface area contributed by atoms with Crippen molar-refractivity contribution < 1.29 is 22.8 Å². The van der Waals surface area contributed by atoms with Gasteiger partial charge in [-0.25, -0.2) is 13.1 Å². The van der Waals surface area contributed by atoms with Gasteiger partial charge in [-0.2, -0.15) is 4.98 Å². The van der Waals surface area contributed by atoms with E-state index in [0.717, 1.165) is 25.0 Å². The Bertz CT molecular complexity index is 668. The smallest absolute Gasteiger partial charge is 0.304 e. The molecule has 0 bridgehead atoms. The summed E-state index contributed by atoms with van der Waals surface area (Å²) in [6.07, 6.45) is 10.6. The Kier molecular flexibility index (Phi) is 8.02. The van der Waals surface area contributed by atoms with Gasteiger partial charge in [0.1, 0.15) is 0 Å². The van der Waals surface area contributed by atoms with E-state index in [-0.39, 0.29) is 18.9 Å². The highest BCUT2D eigenvalue weighted by Gasteiger charge is 2.23. The first-order chi connectivity index (χ1) is 12.3. The third kappa shape index (κ3) is 7.82. The van der Waals surface area contributed by atoms with Crippen LogP contribution < -0.4 is 4.72 Å². The first-order valence-electron chi connectivity index (χ1n) is 9.32. The summed E-state index contributed by atoms with van der Waals surface area (Å²) in [6.45, 7) is 0.184. The predicted molar refractivity (Wildman–Crippen MR) is 96.3 cm³/mol. The molecule has 0 saturated heterocycles. The minimum Gasteiger partial charge on any atom is -0.481 e. The van der Waals surface area contributed by atoms with Crippen molar-refractivity contribution in [1.29, 1.82) is 0 Å². The molecule has 0 spiro atoms. The number of nitrogens with one attached hydrogen (secondary N) is 1. The number of nitrogens with zero attached hydrogens (tertiary/aromatic N) is 2. The third-order valence-electron chi connectivity index (χ3n) is 4.86. The molecule has 9 heteroatoms. The Morgan fingerprint density at radius 3 is 2.73 bits per heavy atom. The highest BCUT2D eigenvalue weighted by atomic mass is 32.2. The molecule has 26 heavy (non-hydrogen) atoms. The maximum Gasteiger partial charge on any atom is 0.304 e. The Labute approximate surface area is 154 Å². The molecule has 1 aromatic heterocycles. The van der Waals surface area contributed by atoms with Crippen molar-refractivity contribution in [2.45, 2.75) is 70.1 Å². The first-order valence-corrected chi connectivity index (χ1v) is 11.2. The summed E-state index contributed by atoms with van der Waals surface area (Å²) >= 11 is 0. The van der Waals surface area contributed by atoms with Crippen LogP contribution in [0.5, 0.6) is 0 Å². The number of hydrogen-bond acceptors (Lipinski definition) is 6. The Morgan fingerprint density at radius 2 is 2.08 bits per heavy atom. The van der Waals surface area contributed by atoms with E-state index >= 15 is 0 Å². The van der Waals surface area contributed by atoms with Crippen LogP contribution in [0.3, 0.4) is 0 Å². The zero-order valence-electron chi connectivity index (χ0n) is 15.3. The molecule has 1 unspecified atom stereocenters. The van der Waals surface area contributed by atoms with Crippen LogP contribution in [0.4, 0.5) is 0 Å². The van der Waals surface area contributed by atoms with Crippen molar-refractivity contribution in [3.8, 4) is 0 Å². The molecule has 1 saturated carbocycles. The molecule has 0 radical (unpaired) electrons. The lowest BCUT2D eigenvalue weighted by Gasteiger charge is -2.21. The number of hydrogen-bond donors (Lipinski definition) is 2. The van der Waals surface area contributed by atoms with Gasteiger partial charge >= 0.3 is 5.97 Å². The fourth-order valence-corrected chi connectivity index (χ4v) is 4.01. The summed E-state index contributed by atoms with van der Waals surface area (Å²) in [4.78, 5) is 15.4. The van der Waals surface area contributed by atoms with Crippen LogP contribution in [0.25, 0.3) is 0 Å². The SMILES string of the molecule is CS(=O)(=O)NCCc1noc(C(CCCC2CCCCC2)CC(=O)O)n1. The lowest BCUT2D eigenvalue weighted by Crippen LogP contribution is -2.24. The molecule has 2 rings (SSSR count). The van der Waals surface area contributed by atoms with Crippen LogP contribution in [0.1, 0.15) is 75.4 Å². The van der Waals surface area contributed by atoms with Gasteiger partial charge in [-0.1, -0.05) is 50.1 Å². The molecule has 0 aromatic carbocycles. The predicted octanol–water partition coefficient (Wildman–Crippen LogP) is 2.47. The zero-order valence-corrected chi connectivity index (χ0v) is 16.1. The van der Waals surface area contributed by atoms with Gasteiger partial charge < -0.3 is 9.63 Å². The average molecular weight is 388 g/mol. The molecule has 0 aliphatic heterocycles. The van der Waals surface area contributed by atoms with E-state index in [1.54, 1.807) is 0 Å². The second kappa shape index (κ2) is 10.0. The summed E-state index contributed by atoms with van der Waals surface area (Å²) in [6, 6.07) is 0. The van der Waals surface area contributed by atoms with Crippen molar-refractivity contribution in [2.24, 2.45) is 5.92 Å². The van der Waals surface area contributed by atoms with Crippen LogP contribution in [0.2, 0.25) is 0 Å². The average Bonchev–Trinajstić information content (AvgIpc) is 3.02. The second-order valence-electron chi connectivity index (χ2n) is 7.20. The minimum atomic E-state index is -3.26. The van der Waals surface area contributed by atoms with Gasteiger partial charge in [0, 0.05) is 18.9 Å². The molecule has 0 amide bonds. The maximum atomic E-state index is 11.2. The normalized spacial score (nSPS) is 17.3. The van der Waals surface area contributed by atoms with E-state index in [2.05, 4.69) is 14.9 Å². The monoisotopic (exact) mass is 387 g/mol. The lowest BCUT2D eigenvalue weighted by molar-refractivity contribution is -0.137. The Hall–Kier alpha value is -1.48. The highest BCUT2D eigenvalue weighted by molar-refractivity contribution is 7.88. The summed E-state index contributed by atoms with van der Waals surface area (Å²) < 4.78 is 29.7. The topological polar surface area (TPSA) is 122 Å². The summed E-state index contributed by atoms with van der Waals surface area (Å²) in [7, 11) is -3.26. The van der Waals surface area contributed by atoms with Crippen LogP contribution in [0.15, 0.2) is 4.52 Å². The van der Waals surface area contributed by atoms with E-state index in [1.807, 2.05) is 0 Å². The Balaban J connectivity index is 1.86. The van der Waals surface area contributed by atoms with Crippen LogP contribution in [-0.4, -0.2) is 42.4 Å².